The van der Waals surface area contributed by atoms with Crippen LogP contribution < -0.4 is 20.1 Å². The van der Waals surface area contributed by atoms with Crippen molar-refractivity contribution in [1.29, 1.82) is 0 Å². The molecule has 122 valence electrons. The Morgan fingerprint density at radius 3 is 2.23 bits per heavy atom. The predicted octanol–water partition coefficient (Wildman–Crippen LogP) is 1.57. The van der Waals surface area contributed by atoms with E-state index in [4.69, 9.17) is 21.1 Å². The fourth-order valence-corrected chi connectivity index (χ4v) is 1.85. The summed E-state index contributed by atoms with van der Waals surface area (Å²) in [7, 11) is 3.03. The van der Waals surface area contributed by atoms with E-state index in [9.17, 15) is 9.59 Å². The number of carbonyl (C=O) groups excluding carboxylic acids is 2. The van der Waals surface area contributed by atoms with Crippen molar-refractivity contribution in [3.63, 3.8) is 0 Å². The fourth-order valence-electron chi connectivity index (χ4n) is 1.71. The fraction of sp³-hybridized carbons (Fsp3) is 0.467. The Hall–Kier alpha value is -1.95. The van der Waals surface area contributed by atoms with Gasteiger partial charge in [0.2, 0.25) is 5.91 Å². The molecule has 6 nitrogen and oxygen atoms in total. The molecule has 0 heterocycles. The number of carbonyl (C=O) groups is 2. The van der Waals surface area contributed by atoms with Crippen molar-refractivity contribution in [1.82, 2.24) is 10.6 Å². The quantitative estimate of drug-likeness (QED) is 0.533. The van der Waals surface area contributed by atoms with Crippen molar-refractivity contribution in [2.75, 3.05) is 33.2 Å². The molecular weight excluding hydrogens is 308 g/mol. The molecule has 0 atom stereocenters. The minimum absolute atomic E-state index is 0.117. The average Bonchev–Trinajstić information content (AvgIpc) is 2.54. The van der Waals surface area contributed by atoms with Crippen LogP contribution >= 0.6 is 11.6 Å². The third-order valence-electron chi connectivity index (χ3n) is 2.88. The Labute approximate surface area is 135 Å². The lowest BCUT2D eigenvalue weighted by Crippen LogP contribution is -2.31. The van der Waals surface area contributed by atoms with Crippen LogP contribution in [0.4, 0.5) is 0 Å². The number of rotatable bonds is 9. The Morgan fingerprint density at radius 2 is 1.68 bits per heavy atom. The van der Waals surface area contributed by atoms with Crippen LogP contribution in [0.1, 0.15) is 23.2 Å². The highest BCUT2D eigenvalue weighted by Crippen LogP contribution is 2.22. The number of ether oxygens (including phenoxy) is 2. The van der Waals surface area contributed by atoms with Gasteiger partial charge in [-0.25, -0.2) is 0 Å². The molecule has 0 unspecified atom stereocenters. The summed E-state index contributed by atoms with van der Waals surface area (Å²) < 4.78 is 10.2. The second-order valence-corrected chi connectivity index (χ2v) is 4.88. The Kier molecular flexibility index (Phi) is 8.14. The molecule has 0 bridgehead atoms. The number of alkyl halides is 1. The second kappa shape index (κ2) is 9.89. The second-order valence-electron chi connectivity index (χ2n) is 4.50. The highest BCUT2D eigenvalue weighted by molar-refractivity contribution is 6.17. The first-order valence-corrected chi connectivity index (χ1v) is 7.48. The smallest absolute Gasteiger partial charge is 0.251 e. The van der Waals surface area contributed by atoms with Crippen molar-refractivity contribution in [3.8, 4) is 11.5 Å². The third kappa shape index (κ3) is 6.22. The number of hydrogen-bond acceptors (Lipinski definition) is 4. The first-order valence-electron chi connectivity index (χ1n) is 6.94. The third-order valence-corrected chi connectivity index (χ3v) is 3.15. The van der Waals surface area contributed by atoms with E-state index >= 15 is 0 Å². The molecule has 0 aliphatic heterocycles. The topological polar surface area (TPSA) is 76.7 Å². The molecule has 0 radical (unpaired) electrons. The molecular formula is C15H21ClN2O4. The minimum atomic E-state index is -0.286. The summed E-state index contributed by atoms with van der Waals surface area (Å²) in [6, 6.07) is 4.90. The zero-order valence-electron chi connectivity index (χ0n) is 12.8. The van der Waals surface area contributed by atoms with Crippen LogP contribution in [0.2, 0.25) is 0 Å². The molecule has 1 rings (SSSR count). The van der Waals surface area contributed by atoms with Gasteiger partial charge in [0.15, 0.2) is 0 Å². The van der Waals surface area contributed by atoms with Crippen LogP contribution in [0, 0.1) is 0 Å². The Balaban J connectivity index is 2.47. The van der Waals surface area contributed by atoms with Gasteiger partial charge in [0, 0.05) is 37.0 Å². The number of nitrogens with one attached hydrogen (secondary N) is 2. The highest BCUT2D eigenvalue weighted by atomic mass is 35.5. The molecule has 0 spiro atoms. The number of benzene rings is 1. The van der Waals surface area contributed by atoms with Gasteiger partial charge in [-0.05, 0) is 18.6 Å². The molecule has 0 aliphatic carbocycles. The summed E-state index contributed by atoms with van der Waals surface area (Å²) in [6.07, 6.45) is 0.943. The van der Waals surface area contributed by atoms with E-state index in [-0.39, 0.29) is 24.8 Å². The van der Waals surface area contributed by atoms with Crippen molar-refractivity contribution in [2.45, 2.75) is 12.8 Å². The average molecular weight is 329 g/mol. The largest absolute Gasteiger partial charge is 0.497 e. The van der Waals surface area contributed by atoms with Crippen LogP contribution in [-0.2, 0) is 4.79 Å². The molecule has 1 aromatic carbocycles. The van der Waals surface area contributed by atoms with E-state index in [0.29, 0.717) is 29.5 Å². The molecule has 0 fully saturated rings. The maximum absolute atomic E-state index is 12.1. The van der Waals surface area contributed by atoms with E-state index < -0.39 is 0 Å². The SMILES string of the molecule is COc1cc(OC)cc(C(=O)NCCC(=O)NCCCCl)c1. The van der Waals surface area contributed by atoms with E-state index in [0.717, 1.165) is 6.42 Å². The number of hydrogen-bond donors (Lipinski definition) is 2. The molecule has 1 aromatic rings. The van der Waals surface area contributed by atoms with Crippen LogP contribution in [0.25, 0.3) is 0 Å². The van der Waals surface area contributed by atoms with E-state index in [2.05, 4.69) is 10.6 Å². The number of methoxy groups -OCH3 is 2. The van der Waals surface area contributed by atoms with E-state index in [1.807, 2.05) is 0 Å². The molecule has 2 N–H and O–H groups in total. The van der Waals surface area contributed by atoms with Crippen LogP contribution in [0.15, 0.2) is 18.2 Å². The van der Waals surface area contributed by atoms with Crippen LogP contribution in [0.5, 0.6) is 11.5 Å². The van der Waals surface area contributed by atoms with Gasteiger partial charge in [-0.2, -0.15) is 0 Å². The number of halogens is 1. The summed E-state index contributed by atoms with van der Waals surface area (Å²) in [5.74, 6) is 1.17. The van der Waals surface area contributed by atoms with Gasteiger partial charge in [0.25, 0.3) is 5.91 Å². The molecule has 0 aliphatic rings. The van der Waals surface area contributed by atoms with Crippen molar-refractivity contribution < 1.29 is 19.1 Å². The zero-order valence-corrected chi connectivity index (χ0v) is 13.5. The molecule has 0 aromatic heterocycles. The van der Waals surface area contributed by atoms with Gasteiger partial charge >= 0.3 is 0 Å². The van der Waals surface area contributed by atoms with Gasteiger partial charge in [-0.15, -0.1) is 11.6 Å². The lowest BCUT2D eigenvalue weighted by atomic mass is 10.2. The molecule has 2 amide bonds. The van der Waals surface area contributed by atoms with Gasteiger partial charge in [-0.1, -0.05) is 0 Å². The van der Waals surface area contributed by atoms with Gasteiger partial charge in [-0.3, -0.25) is 9.59 Å². The predicted molar refractivity (Wildman–Crippen MR) is 84.8 cm³/mol. The Morgan fingerprint density at radius 1 is 1.05 bits per heavy atom. The van der Waals surface area contributed by atoms with Crippen LogP contribution in [0.3, 0.4) is 0 Å². The van der Waals surface area contributed by atoms with Crippen molar-refractivity contribution in [2.24, 2.45) is 0 Å². The summed E-state index contributed by atoms with van der Waals surface area (Å²) in [5, 5.41) is 5.40. The maximum Gasteiger partial charge on any atom is 0.251 e. The molecule has 0 saturated heterocycles. The van der Waals surface area contributed by atoms with Crippen molar-refractivity contribution in [3.05, 3.63) is 23.8 Å². The summed E-state index contributed by atoms with van der Waals surface area (Å²) in [5.41, 5.74) is 0.416. The lowest BCUT2D eigenvalue weighted by Gasteiger charge is -2.09. The normalized spacial score (nSPS) is 9.95. The molecule has 0 saturated carbocycles. The van der Waals surface area contributed by atoms with Crippen molar-refractivity contribution >= 4 is 23.4 Å². The van der Waals surface area contributed by atoms with E-state index in [1.165, 1.54) is 14.2 Å². The summed E-state index contributed by atoms with van der Waals surface area (Å²) in [4.78, 5) is 23.5. The van der Waals surface area contributed by atoms with Crippen LogP contribution in [-0.4, -0.2) is 45.0 Å². The standard InChI is InChI=1S/C15H21ClN2O4/c1-21-12-8-11(9-13(10-12)22-2)15(20)18-7-4-14(19)17-6-3-5-16/h8-10H,3-7H2,1-2H3,(H,17,19)(H,18,20). The highest BCUT2D eigenvalue weighted by Gasteiger charge is 2.10. The Bertz CT molecular complexity index is 486. The van der Waals surface area contributed by atoms with Gasteiger partial charge in [0.05, 0.1) is 14.2 Å². The van der Waals surface area contributed by atoms with Gasteiger partial charge in [0.1, 0.15) is 11.5 Å². The molecule has 22 heavy (non-hydrogen) atoms. The summed E-state index contributed by atoms with van der Waals surface area (Å²) >= 11 is 5.52. The molecule has 7 heteroatoms. The first-order chi connectivity index (χ1) is 10.6. The minimum Gasteiger partial charge on any atom is -0.497 e. The zero-order chi connectivity index (χ0) is 16.4. The number of amides is 2. The first kappa shape index (κ1) is 18.1. The van der Waals surface area contributed by atoms with Gasteiger partial charge < -0.3 is 20.1 Å². The van der Waals surface area contributed by atoms with E-state index in [1.54, 1.807) is 18.2 Å². The monoisotopic (exact) mass is 328 g/mol. The summed E-state index contributed by atoms with van der Waals surface area (Å²) in [6.45, 7) is 0.800. The maximum atomic E-state index is 12.1. The lowest BCUT2D eigenvalue weighted by molar-refractivity contribution is -0.120.